The van der Waals surface area contributed by atoms with Gasteiger partial charge in [-0.05, 0) is 82.2 Å². The van der Waals surface area contributed by atoms with E-state index in [0.717, 1.165) is 38.4 Å². The zero-order chi connectivity index (χ0) is 27.7. The predicted octanol–water partition coefficient (Wildman–Crippen LogP) is 3.77. The van der Waals surface area contributed by atoms with Gasteiger partial charge in [0.2, 0.25) is 5.91 Å². The molecule has 5 rings (SSSR count). The van der Waals surface area contributed by atoms with Crippen LogP contribution in [-0.2, 0) is 4.79 Å². The molecule has 3 fully saturated rings. The summed E-state index contributed by atoms with van der Waals surface area (Å²) in [5.74, 6) is -0.805. The Morgan fingerprint density at radius 2 is 1.87 bits per heavy atom. The summed E-state index contributed by atoms with van der Waals surface area (Å²) in [5, 5.41) is 3.11. The van der Waals surface area contributed by atoms with Crippen molar-refractivity contribution in [2.45, 2.75) is 57.9 Å². The fourth-order valence-corrected chi connectivity index (χ4v) is 6.66. The Hall–Kier alpha value is -2.98. The van der Waals surface area contributed by atoms with E-state index in [1.165, 1.54) is 18.5 Å². The summed E-state index contributed by atoms with van der Waals surface area (Å²) < 4.78 is 15.2. The number of nitrogens with two attached hydrogens (primary N) is 1. The molecular formula is C28H36ClFN6O3. The average Bonchev–Trinajstić information content (AvgIpc) is 3.49. The van der Waals surface area contributed by atoms with Crippen LogP contribution in [0.2, 0.25) is 5.02 Å². The molecule has 0 unspecified atom stereocenters. The van der Waals surface area contributed by atoms with Crippen molar-refractivity contribution in [3.63, 3.8) is 0 Å². The zero-order valence-corrected chi connectivity index (χ0v) is 23.1. The molecule has 0 radical (unpaired) electrons. The first-order chi connectivity index (χ1) is 18.7. The number of benzene rings is 1. The monoisotopic (exact) mass is 558 g/mol. The molecular weight excluding hydrogens is 523 g/mol. The van der Waals surface area contributed by atoms with Gasteiger partial charge in [-0.25, -0.2) is 9.37 Å². The third-order valence-corrected chi connectivity index (χ3v) is 9.15. The van der Waals surface area contributed by atoms with Gasteiger partial charge in [0, 0.05) is 25.7 Å². The van der Waals surface area contributed by atoms with Crippen LogP contribution in [0.4, 0.5) is 10.1 Å². The van der Waals surface area contributed by atoms with E-state index >= 15 is 0 Å². The molecule has 1 aromatic carbocycles. The normalized spacial score (nSPS) is 24.4. The molecule has 0 atom stereocenters. The highest BCUT2D eigenvalue weighted by molar-refractivity contribution is 6.34. The first-order valence-corrected chi connectivity index (χ1v) is 14.2. The maximum Gasteiger partial charge on any atom is 0.272 e. The van der Waals surface area contributed by atoms with E-state index < -0.39 is 23.0 Å². The fraction of sp³-hybridized carbons (Fsp3) is 0.571. The number of piperidine rings is 1. The summed E-state index contributed by atoms with van der Waals surface area (Å²) in [7, 11) is 0. The van der Waals surface area contributed by atoms with Crippen molar-refractivity contribution in [3.05, 3.63) is 46.8 Å². The number of anilines is 1. The summed E-state index contributed by atoms with van der Waals surface area (Å²) >= 11 is 6.23. The number of hydrogen-bond acceptors (Lipinski definition) is 5. The van der Waals surface area contributed by atoms with Gasteiger partial charge in [0.05, 0.1) is 22.5 Å². The number of rotatable bonds is 7. The van der Waals surface area contributed by atoms with Crippen molar-refractivity contribution < 1.29 is 18.8 Å². The minimum atomic E-state index is -0.697. The highest BCUT2D eigenvalue weighted by Gasteiger charge is 2.49. The Labute approximate surface area is 232 Å². The van der Waals surface area contributed by atoms with Crippen molar-refractivity contribution in [1.82, 2.24) is 19.8 Å². The SMILES string of the molecule is CC1CCN(CCNC(=O)c2ncn(C3CCC4(CC3)CCN(c3ccc(F)cc3Cl)C4=O)c2C(N)=O)CC1. The van der Waals surface area contributed by atoms with Crippen molar-refractivity contribution in [2.24, 2.45) is 17.1 Å². The summed E-state index contributed by atoms with van der Waals surface area (Å²) in [6.45, 7) is 6.06. The average molecular weight is 559 g/mol. The molecule has 1 spiro atoms. The van der Waals surface area contributed by atoms with Gasteiger partial charge in [-0.3, -0.25) is 14.4 Å². The third kappa shape index (κ3) is 5.54. The summed E-state index contributed by atoms with van der Waals surface area (Å²) in [4.78, 5) is 47.1. The number of carbonyl (C=O) groups is 3. The molecule has 2 aliphatic heterocycles. The largest absolute Gasteiger partial charge is 0.364 e. The van der Waals surface area contributed by atoms with Gasteiger partial charge in [0.15, 0.2) is 5.69 Å². The van der Waals surface area contributed by atoms with Crippen LogP contribution in [0.15, 0.2) is 24.5 Å². The molecule has 3 amide bonds. The van der Waals surface area contributed by atoms with E-state index in [-0.39, 0.29) is 28.4 Å². The maximum absolute atomic E-state index is 13.5. The van der Waals surface area contributed by atoms with E-state index in [1.54, 1.807) is 15.5 Å². The molecule has 2 saturated heterocycles. The van der Waals surface area contributed by atoms with E-state index in [1.807, 2.05) is 0 Å². The van der Waals surface area contributed by atoms with E-state index in [0.29, 0.717) is 50.9 Å². The number of hydrogen-bond donors (Lipinski definition) is 2. The van der Waals surface area contributed by atoms with Crippen molar-refractivity contribution in [3.8, 4) is 0 Å². The lowest BCUT2D eigenvalue weighted by atomic mass is 9.71. The highest BCUT2D eigenvalue weighted by atomic mass is 35.5. The number of nitrogens with zero attached hydrogens (tertiary/aromatic N) is 4. The van der Waals surface area contributed by atoms with Crippen LogP contribution in [-0.4, -0.2) is 64.9 Å². The zero-order valence-electron chi connectivity index (χ0n) is 22.3. The van der Waals surface area contributed by atoms with Crippen molar-refractivity contribution in [1.29, 1.82) is 0 Å². The Morgan fingerprint density at radius 3 is 2.54 bits per heavy atom. The molecule has 39 heavy (non-hydrogen) atoms. The number of halogens is 2. The van der Waals surface area contributed by atoms with Crippen LogP contribution in [0.1, 0.15) is 78.9 Å². The Balaban J connectivity index is 1.22. The van der Waals surface area contributed by atoms with Crippen LogP contribution < -0.4 is 16.0 Å². The fourth-order valence-electron chi connectivity index (χ4n) is 6.39. The lowest BCUT2D eigenvalue weighted by Gasteiger charge is -2.36. The molecule has 3 N–H and O–H groups in total. The molecule has 210 valence electrons. The minimum Gasteiger partial charge on any atom is -0.364 e. The summed E-state index contributed by atoms with van der Waals surface area (Å²) in [6.07, 6.45) is 7.06. The lowest BCUT2D eigenvalue weighted by molar-refractivity contribution is -0.127. The van der Waals surface area contributed by atoms with Crippen molar-refractivity contribution in [2.75, 3.05) is 37.6 Å². The minimum absolute atomic E-state index is 0.00144. The smallest absolute Gasteiger partial charge is 0.272 e. The quantitative estimate of drug-likeness (QED) is 0.537. The van der Waals surface area contributed by atoms with Gasteiger partial charge in [-0.2, -0.15) is 0 Å². The van der Waals surface area contributed by atoms with E-state index in [4.69, 9.17) is 17.3 Å². The summed E-state index contributed by atoms with van der Waals surface area (Å²) in [6, 6.07) is 3.98. The van der Waals surface area contributed by atoms with Crippen LogP contribution >= 0.6 is 11.6 Å². The molecule has 11 heteroatoms. The van der Waals surface area contributed by atoms with Gasteiger partial charge in [0.1, 0.15) is 11.5 Å². The number of likely N-dealkylation sites (tertiary alicyclic amines) is 1. The second-order valence-electron chi connectivity index (χ2n) is 11.3. The van der Waals surface area contributed by atoms with Gasteiger partial charge >= 0.3 is 0 Å². The van der Waals surface area contributed by atoms with E-state index in [9.17, 15) is 18.8 Å². The molecule has 1 aliphatic carbocycles. The number of imidazole rings is 1. The van der Waals surface area contributed by atoms with Gasteiger partial charge in [-0.1, -0.05) is 18.5 Å². The number of aromatic nitrogens is 2. The second-order valence-corrected chi connectivity index (χ2v) is 11.7. The number of amides is 3. The Kier molecular flexibility index (Phi) is 7.96. The molecule has 0 bridgehead atoms. The van der Waals surface area contributed by atoms with Gasteiger partial charge in [-0.15, -0.1) is 0 Å². The predicted molar refractivity (Wildman–Crippen MR) is 146 cm³/mol. The first kappa shape index (κ1) is 27.6. The first-order valence-electron chi connectivity index (χ1n) is 13.8. The number of primary amides is 1. The van der Waals surface area contributed by atoms with Crippen LogP contribution in [0, 0.1) is 17.2 Å². The molecule has 1 saturated carbocycles. The number of carbonyl (C=O) groups excluding carboxylic acids is 3. The van der Waals surface area contributed by atoms with Crippen LogP contribution in [0.3, 0.4) is 0 Å². The highest BCUT2D eigenvalue weighted by Crippen LogP contribution is 2.49. The van der Waals surface area contributed by atoms with Crippen molar-refractivity contribution >= 4 is 35.0 Å². The molecule has 3 heterocycles. The number of nitrogens with one attached hydrogen (secondary N) is 1. The van der Waals surface area contributed by atoms with Gasteiger partial charge in [0.25, 0.3) is 11.8 Å². The van der Waals surface area contributed by atoms with Crippen LogP contribution in [0.5, 0.6) is 0 Å². The standard InChI is InChI=1S/C28H36ClFN6O3/c1-18-6-12-34(13-7-18)15-11-32-26(38)23-24(25(31)37)36(17-33-23)20-4-8-28(9-5-20)10-14-35(27(28)39)22-3-2-19(30)16-21(22)29/h2-3,16-18,20H,4-15H2,1H3,(H2,31,37)(H,32,38). The third-order valence-electron chi connectivity index (χ3n) is 8.85. The summed E-state index contributed by atoms with van der Waals surface area (Å²) in [5.41, 5.74) is 5.88. The van der Waals surface area contributed by atoms with Gasteiger partial charge < -0.3 is 25.4 Å². The Morgan fingerprint density at radius 1 is 1.15 bits per heavy atom. The Bertz CT molecular complexity index is 1250. The second kappa shape index (κ2) is 11.3. The molecule has 3 aliphatic rings. The molecule has 9 nitrogen and oxygen atoms in total. The topological polar surface area (TPSA) is 114 Å². The molecule has 1 aromatic heterocycles. The van der Waals surface area contributed by atoms with Crippen LogP contribution in [0.25, 0.3) is 0 Å². The maximum atomic E-state index is 13.5. The van der Waals surface area contributed by atoms with E-state index in [2.05, 4.69) is 22.1 Å². The molecule has 2 aromatic rings. The lowest BCUT2D eigenvalue weighted by Crippen LogP contribution is -2.40.